The average Bonchev–Trinajstić information content (AvgIpc) is 3.47. The lowest BCUT2D eigenvalue weighted by Gasteiger charge is -2.29. The maximum absolute atomic E-state index is 2.51. The number of hydrogen-bond donors (Lipinski definition) is 0. The maximum Gasteiger partial charge on any atom is 0.113 e. The van der Waals surface area contributed by atoms with Crippen molar-refractivity contribution >= 4 is 64.7 Å². The molecular weight excluding hydrogens is 599 g/mol. The van der Waals surface area contributed by atoms with Crippen LogP contribution in [-0.4, -0.2) is 16.1 Å². The van der Waals surface area contributed by atoms with E-state index in [2.05, 4.69) is 183 Å². The van der Waals surface area contributed by atoms with Gasteiger partial charge in [0.1, 0.15) is 16.1 Å². The normalized spacial score (nSPS) is 14.7. The van der Waals surface area contributed by atoms with Crippen molar-refractivity contribution < 1.29 is 0 Å². The molecule has 0 atom stereocenters. The molecule has 0 amide bonds. The van der Waals surface area contributed by atoms with Crippen LogP contribution in [0.15, 0.2) is 152 Å². The van der Waals surface area contributed by atoms with Crippen LogP contribution in [-0.2, 0) is 0 Å². The Morgan fingerprint density at radius 2 is 0.894 bits per heavy atom. The zero-order valence-corrected chi connectivity index (χ0v) is 29.4. The molecule has 2 heterocycles. The predicted molar refractivity (Wildman–Crippen MR) is 208 cm³/mol. The molecule has 0 spiro atoms. The topological polar surface area (TPSA) is 3.24 Å². The van der Waals surface area contributed by atoms with Crippen molar-refractivity contribution in [2.75, 3.05) is 4.90 Å². The van der Waals surface area contributed by atoms with E-state index >= 15 is 0 Å². The van der Waals surface area contributed by atoms with Gasteiger partial charge in [0.2, 0.25) is 0 Å². The Morgan fingerprint density at radius 3 is 1.70 bits per heavy atom. The molecular formula is C44H37NSi2. The summed E-state index contributed by atoms with van der Waals surface area (Å²) in [5, 5.41) is 8.68. The molecule has 0 saturated heterocycles. The monoisotopic (exact) mass is 635 g/mol. The summed E-state index contributed by atoms with van der Waals surface area (Å²) in [5.74, 6) is 0. The van der Waals surface area contributed by atoms with Crippen LogP contribution in [0.2, 0.25) is 26.2 Å². The highest BCUT2D eigenvalue weighted by atomic mass is 28.3. The van der Waals surface area contributed by atoms with E-state index in [1.807, 2.05) is 0 Å². The number of fused-ring (bicyclic) bond motifs is 7. The number of anilines is 3. The lowest BCUT2D eigenvalue weighted by atomic mass is 9.97. The summed E-state index contributed by atoms with van der Waals surface area (Å²) in [7, 11) is -3.62. The Morgan fingerprint density at radius 1 is 0.362 bits per heavy atom. The molecule has 2 aliphatic rings. The second kappa shape index (κ2) is 10.3. The van der Waals surface area contributed by atoms with E-state index in [1.54, 1.807) is 5.19 Å². The van der Waals surface area contributed by atoms with E-state index < -0.39 is 16.1 Å². The third-order valence-corrected chi connectivity index (χ3v) is 18.0. The lowest BCUT2D eigenvalue weighted by molar-refractivity contribution is 1.29. The molecule has 0 fully saturated rings. The predicted octanol–water partition coefficient (Wildman–Crippen LogP) is 9.58. The van der Waals surface area contributed by atoms with Gasteiger partial charge in [-0.05, 0) is 101 Å². The standard InChI is InChI=1S/C44H37NSi2/c1-46(2)42-22-10-8-19-38(42)40-28-33(24-26-43(40)46)45(34-23-25-39-37-18-7-9-21-41(37)47(3,4)44(39)29-34)32-16-11-15-31(27-32)36-20-12-14-30-13-5-6-17-35(30)36/h5-29H,1-4H3. The van der Waals surface area contributed by atoms with Crippen molar-refractivity contribution in [3.8, 4) is 33.4 Å². The second-order valence-electron chi connectivity index (χ2n) is 14.2. The first kappa shape index (κ1) is 28.3. The van der Waals surface area contributed by atoms with Crippen LogP contribution in [0.3, 0.4) is 0 Å². The SMILES string of the molecule is C[Si]1(C)c2ccccc2-c2cc(N(c3cccc(-c4cccc5ccccc45)c3)c3ccc4c(c3)[Si](C)(C)c3ccccc3-4)ccc21. The molecule has 226 valence electrons. The minimum Gasteiger partial charge on any atom is -0.310 e. The van der Waals surface area contributed by atoms with Crippen molar-refractivity contribution in [3.05, 3.63) is 152 Å². The highest BCUT2D eigenvalue weighted by molar-refractivity contribution is 7.04. The van der Waals surface area contributed by atoms with Gasteiger partial charge in [0.05, 0.1) is 0 Å². The van der Waals surface area contributed by atoms with Crippen molar-refractivity contribution in [2.24, 2.45) is 0 Å². The van der Waals surface area contributed by atoms with Crippen LogP contribution in [0.4, 0.5) is 17.1 Å². The number of rotatable bonds is 4. The van der Waals surface area contributed by atoms with E-state index in [4.69, 9.17) is 0 Å². The van der Waals surface area contributed by atoms with Crippen molar-refractivity contribution in [3.63, 3.8) is 0 Å². The van der Waals surface area contributed by atoms with E-state index in [9.17, 15) is 0 Å². The molecule has 0 aromatic heterocycles. The van der Waals surface area contributed by atoms with Gasteiger partial charge < -0.3 is 4.90 Å². The number of hydrogen-bond acceptors (Lipinski definition) is 1. The third-order valence-electron chi connectivity index (χ3n) is 10.9. The van der Waals surface area contributed by atoms with Crippen LogP contribution >= 0.6 is 0 Å². The smallest absolute Gasteiger partial charge is 0.113 e. The first-order valence-corrected chi connectivity index (χ1v) is 22.7. The molecule has 0 unspecified atom stereocenters. The Hall–Kier alpha value is -4.97. The molecule has 0 radical (unpaired) electrons. The highest BCUT2D eigenvalue weighted by Gasteiger charge is 2.39. The van der Waals surface area contributed by atoms with Gasteiger partial charge in [-0.25, -0.2) is 0 Å². The van der Waals surface area contributed by atoms with Crippen molar-refractivity contribution in [1.29, 1.82) is 0 Å². The molecule has 1 nitrogen and oxygen atoms in total. The van der Waals surface area contributed by atoms with Crippen LogP contribution in [0.1, 0.15) is 0 Å². The molecule has 7 aromatic rings. The van der Waals surface area contributed by atoms with Gasteiger partial charge >= 0.3 is 0 Å². The van der Waals surface area contributed by atoms with Gasteiger partial charge in [-0.15, -0.1) is 0 Å². The molecule has 0 aliphatic carbocycles. The van der Waals surface area contributed by atoms with Gasteiger partial charge in [0, 0.05) is 17.1 Å². The molecule has 0 saturated carbocycles. The van der Waals surface area contributed by atoms with E-state index in [0.717, 1.165) is 0 Å². The van der Waals surface area contributed by atoms with Gasteiger partial charge in [-0.2, -0.15) is 0 Å². The van der Waals surface area contributed by atoms with Gasteiger partial charge in [-0.1, -0.05) is 141 Å². The largest absolute Gasteiger partial charge is 0.310 e. The van der Waals surface area contributed by atoms with Crippen molar-refractivity contribution in [2.45, 2.75) is 26.2 Å². The molecule has 47 heavy (non-hydrogen) atoms. The summed E-state index contributed by atoms with van der Waals surface area (Å²) in [6.07, 6.45) is 0. The van der Waals surface area contributed by atoms with Crippen LogP contribution in [0.25, 0.3) is 44.2 Å². The second-order valence-corrected chi connectivity index (χ2v) is 22.9. The summed E-state index contributed by atoms with van der Waals surface area (Å²) in [6.45, 7) is 10.00. The molecule has 0 N–H and O–H groups in total. The third kappa shape index (κ3) is 4.20. The van der Waals surface area contributed by atoms with E-state index in [0.29, 0.717) is 0 Å². The minimum absolute atomic E-state index is 1.17. The van der Waals surface area contributed by atoms with E-state index in [-0.39, 0.29) is 0 Å². The summed E-state index contributed by atoms with van der Waals surface area (Å²) < 4.78 is 0. The minimum atomic E-state index is -1.86. The number of benzene rings is 7. The quantitative estimate of drug-likeness (QED) is 0.174. The average molecular weight is 636 g/mol. The van der Waals surface area contributed by atoms with Crippen LogP contribution in [0.5, 0.6) is 0 Å². The van der Waals surface area contributed by atoms with Gasteiger partial charge in [-0.3, -0.25) is 0 Å². The van der Waals surface area contributed by atoms with Gasteiger partial charge in [0.15, 0.2) is 0 Å². The first-order chi connectivity index (χ1) is 22.8. The summed E-state index contributed by atoms with van der Waals surface area (Å²) in [5.41, 5.74) is 11.7. The lowest BCUT2D eigenvalue weighted by Crippen LogP contribution is -2.49. The first-order valence-electron chi connectivity index (χ1n) is 16.7. The zero-order chi connectivity index (χ0) is 31.9. The zero-order valence-electron chi connectivity index (χ0n) is 27.4. The fourth-order valence-electron chi connectivity index (χ4n) is 8.42. The van der Waals surface area contributed by atoms with Crippen LogP contribution < -0.4 is 25.6 Å². The Bertz CT molecular complexity index is 2380. The molecule has 3 heteroatoms. The van der Waals surface area contributed by atoms with Gasteiger partial charge in [0.25, 0.3) is 0 Å². The summed E-state index contributed by atoms with van der Waals surface area (Å²) in [6, 6.07) is 57.1. The molecule has 0 bridgehead atoms. The summed E-state index contributed by atoms with van der Waals surface area (Å²) in [4.78, 5) is 2.50. The molecule has 9 rings (SSSR count). The summed E-state index contributed by atoms with van der Waals surface area (Å²) >= 11 is 0. The number of nitrogens with zero attached hydrogens (tertiary/aromatic N) is 1. The highest BCUT2D eigenvalue weighted by Crippen LogP contribution is 2.41. The Kier molecular flexibility index (Phi) is 6.18. The maximum atomic E-state index is 2.51. The molecule has 2 aliphatic heterocycles. The molecule has 7 aromatic carbocycles. The van der Waals surface area contributed by atoms with Crippen molar-refractivity contribution in [1.82, 2.24) is 0 Å². The fraction of sp³-hybridized carbons (Fsp3) is 0.0909. The fourth-order valence-corrected chi connectivity index (χ4v) is 14.6. The van der Waals surface area contributed by atoms with Crippen LogP contribution in [0, 0.1) is 0 Å². The van der Waals surface area contributed by atoms with E-state index in [1.165, 1.54) is 76.8 Å². The Labute approximate surface area is 279 Å². The Balaban J connectivity index is 1.26.